The lowest BCUT2D eigenvalue weighted by molar-refractivity contribution is 0.815. The molecule has 2 rings (SSSR count). The normalized spacial score (nSPS) is 10.5. The summed E-state index contributed by atoms with van der Waals surface area (Å²) in [6.07, 6.45) is 3.40. The van der Waals surface area contributed by atoms with Crippen molar-refractivity contribution in [2.45, 2.75) is 29.9 Å². The van der Waals surface area contributed by atoms with E-state index in [1.54, 1.807) is 18.3 Å². The van der Waals surface area contributed by atoms with Crippen LogP contribution in [0.15, 0.2) is 39.4 Å². The van der Waals surface area contributed by atoms with E-state index in [1.807, 2.05) is 6.92 Å². The molecule has 5 nitrogen and oxygen atoms in total. The molecule has 94 valence electrons. The van der Waals surface area contributed by atoms with Gasteiger partial charge in [-0.1, -0.05) is 13.3 Å². The third-order valence-electron chi connectivity index (χ3n) is 2.27. The molecule has 0 radical (unpaired) electrons. The van der Waals surface area contributed by atoms with Crippen molar-refractivity contribution in [3.05, 3.63) is 40.4 Å². The van der Waals surface area contributed by atoms with Crippen LogP contribution in [0.4, 0.5) is 5.69 Å². The van der Waals surface area contributed by atoms with E-state index in [1.165, 1.54) is 17.8 Å². The maximum atomic E-state index is 11.5. The molecule has 0 aliphatic heterocycles. The first kappa shape index (κ1) is 12.6. The molecule has 0 unspecified atom stereocenters. The Hall–Kier alpha value is -1.82. The Balaban J connectivity index is 2.29. The van der Waals surface area contributed by atoms with Crippen LogP contribution in [-0.2, 0) is 6.42 Å². The van der Waals surface area contributed by atoms with Gasteiger partial charge in [-0.05, 0) is 30.3 Å². The molecule has 2 heterocycles. The van der Waals surface area contributed by atoms with Crippen molar-refractivity contribution < 1.29 is 0 Å². The number of hydrogen-bond donors (Lipinski definition) is 2. The summed E-state index contributed by atoms with van der Waals surface area (Å²) >= 11 is 1.27. The molecule has 2 aromatic rings. The average Bonchev–Trinajstić information content (AvgIpc) is 2.32. The van der Waals surface area contributed by atoms with Gasteiger partial charge in [0.2, 0.25) is 0 Å². The van der Waals surface area contributed by atoms with Gasteiger partial charge >= 0.3 is 0 Å². The molecular formula is C12H14N4OS. The Morgan fingerprint density at radius 1 is 1.50 bits per heavy atom. The van der Waals surface area contributed by atoms with E-state index in [9.17, 15) is 4.79 Å². The number of nitrogens with one attached hydrogen (secondary N) is 1. The summed E-state index contributed by atoms with van der Waals surface area (Å²) in [4.78, 5) is 22.7. The molecule has 0 aliphatic rings. The van der Waals surface area contributed by atoms with Gasteiger partial charge in [0.1, 0.15) is 5.03 Å². The number of nitrogens with two attached hydrogens (primary N) is 1. The van der Waals surface area contributed by atoms with Crippen molar-refractivity contribution in [2.24, 2.45) is 0 Å². The Morgan fingerprint density at radius 2 is 2.33 bits per heavy atom. The number of hydrogen-bond acceptors (Lipinski definition) is 5. The Kier molecular flexibility index (Phi) is 3.99. The van der Waals surface area contributed by atoms with Gasteiger partial charge in [-0.25, -0.2) is 9.97 Å². The summed E-state index contributed by atoms with van der Waals surface area (Å²) in [5.74, 6) is 0. The smallest absolute Gasteiger partial charge is 0.251 e. The molecule has 3 N–H and O–H groups in total. The number of nitrogens with zero attached hydrogens (tertiary/aromatic N) is 2. The minimum atomic E-state index is -0.148. The standard InChI is InChI=1S/C12H14N4OS/c1-2-4-8-7-10(17)16-12(15-8)18-11-9(13)5-3-6-14-11/h3,5-7H,2,4,13H2,1H3,(H,15,16,17). The lowest BCUT2D eigenvalue weighted by Crippen LogP contribution is -2.10. The van der Waals surface area contributed by atoms with Crippen molar-refractivity contribution in [3.63, 3.8) is 0 Å². The second kappa shape index (κ2) is 5.68. The van der Waals surface area contributed by atoms with Gasteiger partial charge in [0.15, 0.2) is 5.16 Å². The zero-order valence-electron chi connectivity index (χ0n) is 10.0. The summed E-state index contributed by atoms with van der Waals surface area (Å²) in [6, 6.07) is 5.06. The van der Waals surface area contributed by atoms with E-state index in [0.29, 0.717) is 15.9 Å². The number of anilines is 1. The first-order valence-corrected chi connectivity index (χ1v) is 6.49. The first-order valence-electron chi connectivity index (χ1n) is 5.67. The molecule has 2 aromatic heterocycles. The predicted molar refractivity (Wildman–Crippen MR) is 71.6 cm³/mol. The van der Waals surface area contributed by atoms with E-state index < -0.39 is 0 Å². The molecule has 0 bridgehead atoms. The lowest BCUT2D eigenvalue weighted by Gasteiger charge is -2.04. The molecular weight excluding hydrogens is 248 g/mol. The van der Waals surface area contributed by atoms with Gasteiger partial charge in [-0.15, -0.1) is 0 Å². The molecule has 18 heavy (non-hydrogen) atoms. The molecule has 0 amide bonds. The highest BCUT2D eigenvalue weighted by Gasteiger charge is 2.06. The maximum absolute atomic E-state index is 11.5. The number of rotatable bonds is 4. The topological polar surface area (TPSA) is 84.7 Å². The van der Waals surface area contributed by atoms with E-state index in [0.717, 1.165) is 18.5 Å². The Morgan fingerprint density at radius 3 is 3.06 bits per heavy atom. The average molecular weight is 262 g/mol. The Labute approximate surface area is 109 Å². The summed E-state index contributed by atoms with van der Waals surface area (Å²) in [5, 5.41) is 1.17. The molecule has 0 saturated carbocycles. The summed E-state index contributed by atoms with van der Waals surface area (Å²) in [7, 11) is 0. The molecule has 6 heteroatoms. The van der Waals surface area contributed by atoms with Crippen LogP contribution >= 0.6 is 11.8 Å². The van der Waals surface area contributed by atoms with Crippen LogP contribution in [0, 0.1) is 0 Å². The number of nitrogen functional groups attached to an aromatic ring is 1. The van der Waals surface area contributed by atoms with Crippen LogP contribution in [0.1, 0.15) is 19.0 Å². The van der Waals surface area contributed by atoms with E-state index in [4.69, 9.17) is 5.73 Å². The monoisotopic (exact) mass is 262 g/mol. The van der Waals surface area contributed by atoms with Crippen molar-refractivity contribution in [3.8, 4) is 0 Å². The van der Waals surface area contributed by atoms with Crippen LogP contribution in [0.25, 0.3) is 0 Å². The summed E-state index contributed by atoms with van der Waals surface area (Å²) < 4.78 is 0. The number of pyridine rings is 1. The second-order valence-corrected chi connectivity index (χ2v) is 4.77. The largest absolute Gasteiger partial charge is 0.397 e. The third-order valence-corrected chi connectivity index (χ3v) is 3.19. The van der Waals surface area contributed by atoms with E-state index in [2.05, 4.69) is 15.0 Å². The van der Waals surface area contributed by atoms with Crippen LogP contribution in [0.2, 0.25) is 0 Å². The van der Waals surface area contributed by atoms with Crippen LogP contribution in [-0.4, -0.2) is 15.0 Å². The number of aromatic amines is 1. The van der Waals surface area contributed by atoms with E-state index >= 15 is 0 Å². The SMILES string of the molecule is CCCc1cc(=O)[nH]c(Sc2ncccc2N)n1. The zero-order chi connectivity index (χ0) is 13.0. The van der Waals surface area contributed by atoms with Gasteiger partial charge < -0.3 is 10.7 Å². The third kappa shape index (κ3) is 3.10. The first-order chi connectivity index (χ1) is 8.69. The van der Waals surface area contributed by atoms with Crippen molar-refractivity contribution in [1.29, 1.82) is 0 Å². The zero-order valence-corrected chi connectivity index (χ0v) is 10.8. The Bertz CT molecular complexity index is 597. The quantitative estimate of drug-likeness (QED) is 0.821. The molecule has 0 aliphatic carbocycles. The highest BCUT2D eigenvalue weighted by atomic mass is 32.2. The molecule has 0 fully saturated rings. The van der Waals surface area contributed by atoms with Crippen LogP contribution < -0.4 is 11.3 Å². The van der Waals surface area contributed by atoms with Crippen molar-refractivity contribution in [2.75, 3.05) is 5.73 Å². The summed E-state index contributed by atoms with van der Waals surface area (Å²) in [6.45, 7) is 2.05. The molecule has 0 saturated heterocycles. The second-order valence-electron chi connectivity index (χ2n) is 3.79. The summed E-state index contributed by atoms with van der Waals surface area (Å²) in [5.41, 5.74) is 7.02. The predicted octanol–water partition coefficient (Wildman–Crippen LogP) is 1.85. The fourth-order valence-electron chi connectivity index (χ4n) is 1.50. The van der Waals surface area contributed by atoms with Gasteiger partial charge in [-0.2, -0.15) is 0 Å². The molecule has 0 atom stereocenters. The number of H-pyrrole nitrogens is 1. The maximum Gasteiger partial charge on any atom is 0.251 e. The highest BCUT2D eigenvalue weighted by Crippen LogP contribution is 2.26. The fourth-order valence-corrected chi connectivity index (χ4v) is 2.29. The van der Waals surface area contributed by atoms with Crippen molar-refractivity contribution in [1.82, 2.24) is 15.0 Å². The molecule has 0 spiro atoms. The van der Waals surface area contributed by atoms with Gasteiger partial charge in [-0.3, -0.25) is 4.79 Å². The van der Waals surface area contributed by atoms with E-state index in [-0.39, 0.29) is 5.56 Å². The van der Waals surface area contributed by atoms with Gasteiger partial charge in [0.05, 0.1) is 5.69 Å². The van der Waals surface area contributed by atoms with Crippen molar-refractivity contribution >= 4 is 17.4 Å². The lowest BCUT2D eigenvalue weighted by atomic mass is 10.2. The minimum absolute atomic E-state index is 0.148. The number of aryl methyl sites for hydroxylation is 1. The van der Waals surface area contributed by atoms with Gasteiger partial charge in [0.25, 0.3) is 5.56 Å². The minimum Gasteiger partial charge on any atom is -0.397 e. The van der Waals surface area contributed by atoms with Crippen LogP contribution in [0.5, 0.6) is 0 Å². The highest BCUT2D eigenvalue weighted by molar-refractivity contribution is 7.99. The van der Waals surface area contributed by atoms with Crippen LogP contribution in [0.3, 0.4) is 0 Å². The fraction of sp³-hybridized carbons (Fsp3) is 0.250. The van der Waals surface area contributed by atoms with Gasteiger partial charge in [0, 0.05) is 18.0 Å². The number of aromatic nitrogens is 3. The molecule has 0 aromatic carbocycles.